The lowest BCUT2D eigenvalue weighted by Gasteiger charge is -2.41. The SMILES string of the molecule is COC(=O)CNC(=O)C(c1ccc(C)cc1)N(C(=O)CNC(=O)OC(C)(C)C)C(C)(C)C. The fourth-order valence-corrected chi connectivity index (χ4v) is 2.95. The molecule has 2 N–H and O–H groups in total. The number of hydrogen-bond acceptors (Lipinski definition) is 6. The van der Waals surface area contributed by atoms with E-state index < -0.39 is 41.1 Å². The number of esters is 1. The van der Waals surface area contributed by atoms with Crippen LogP contribution in [0.3, 0.4) is 0 Å². The standard InChI is InChI=1S/C23H35N3O6/c1-15-9-11-16(12-10-15)19(20(29)24-14-18(28)31-8)26(22(2,3)4)17(27)13-25-21(30)32-23(5,6)7/h9-12,19H,13-14H2,1-8H3,(H,24,29)(H,25,30). The molecular formula is C23H35N3O6. The first-order valence-corrected chi connectivity index (χ1v) is 10.4. The van der Waals surface area contributed by atoms with Crippen LogP contribution in [0.5, 0.6) is 0 Å². The van der Waals surface area contributed by atoms with Gasteiger partial charge in [0.25, 0.3) is 0 Å². The maximum Gasteiger partial charge on any atom is 0.408 e. The van der Waals surface area contributed by atoms with Gasteiger partial charge in [0.1, 0.15) is 24.7 Å². The Morgan fingerprint density at radius 2 is 1.50 bits per heavy atom. The van der Waals surface area contributed by atoms with E-state index >= 15 is 0 Å². The minimum absolute atomic E-state index is 0.333. The van der Waals surface area contributed by atoms with E-state index in [1.54, 1.807) is 53.7 Å². The molecule has 0 aromatic heterocycles. The van der Waals surface area contributed by atoms with Crippen molar-refractivity contribution in [2.75, 3.05) is 20.2 Å². The number of benzene rings is 1. The van der Waals surface area contributed by atoms with Crippen LogP contribution >= 0.6 is 0 Å². The number of amides is 3. The summed E-state index contributed by atoms with van der Waals surface area (Å²) in [5.74, 6) is -1.64. The second-order valence-corrected chi connectivity index (χ2v) is 9.40. The largest absolute Gasteiger partial charge is 0.468 e. The third kappa shape index (κ3) is 8.56. The van der Waals surface area contributed by atoms with Gasteiger partial charge in [0.05, 0.1) is 7.11 Å². The highest BCUT2D eigenvalue weighted by Gasteiger charge is 2.38. The number of alkyl carbamates (subject to hydrolysis) is 1. The third-order valence-corrected chi connectivity index (χ3v) is 4.31. The van der Waals surface area contributed by atoms with Gasteiger partial charge in [0, 0.05) is 5.54 Å². The Hall–Kier alpha value is -3.10. The van der Waals surface area contributed by atoms with Crippen molar-refractivity contribution in [3.63, 3.8) is 0 Å². The number of hydrogen-bond donors (Lipinski definition) is 2. The molecule has 0 radical (unpaired) electrons. The van der Waals surface area contributed by atoms with E-state index in [9.17, 15) is 19.2 Å². The Bertz CT molecular complexity index is 822. The first-order chi connectivity index (χ1) is 14.7. The summed E-state index contributed by atoms with van der Waals surface area (Å²) in [6.45, 7) is 11.7. The highest BCUT2D eigenvalue weighted by Crippen LogP contribution is 2.29. The molecule has 1 aromatic rings. The number of rotatable bonds is 7. The summed E-state index contributed by atoms with van der Waals surface area (Å²) in [5, 5.41) is 4.98. The fraction of sp³-hybridized carbons (Fsp3) is 0.565. The summed E-state index contributed by atoms with van der Waals surface area (Å²) in [4.78, 5) is 51.3. The van der Waals surface area contributed by atoms with Crippen molar-refractivity contribution in [2.45, 2.75) is 65.6 Å². The van der Waals surface area contributed by atoms with Crippen molar-refractivity contribution >= 4 is 23.9 Å². The predicted octanol–water partition coefficient (Wildman–Crippen LogP) is 2.48. The van der Waals surface area contributed by atoms with E-state index in [1.807, 2.05) is 19.1 Å². The normalized spacial score (nSPS) is 12.4. The smallest absolute Gasteiger partial charge is 0.408 e. The van der Waals surface area contributed by atoms with Gasteiger partial charge >= 0.3 is 12.1 Å². The number of carbonyl (C=O) groups excluding carboxylic acids is 4. The van der Waals surface area contributed by atoms with Crippen molar-refractivity contribution in [3.05, 3.63) is 35.4 Å². The highest BCUT2D eigenvalue weighted by molar-refractivity contribution is 5.92. The molecule has 0 aliphatic heterocycles. The van der Waals surface area contributed by atoms with Crippen molar-refractivity contribution in [1.29, 1.82) is 0 Å². The lowest BCUT2D eigenvalue weighted by atomic mass is 9.96. The topological polar surface area (TPSA) is 114 Å². The van der Waals surface area contributed by atoms with Gasteiger partial charge in [0.15, 0.2) is 0 Å². The number of nitrogens with one attached hydrogen (secondary N) is 2. The molecule has 178 valence electrons. The van der Waals surface area contributed by atoms with Gasteiger partial charge in [-0.3, -0.25) is 14.4 Å². The maximum absolute atomic E-state index is 13.2. The molecule has 9 nitrogen and oxygen atoms in total. The van der Waals surface area contributed by atoms with E-state index in [1.165, 1.54) is 12.0 Å². The van der Waals surface area contributed by atoms with Gasteiger partial charge in [0.2, 0.25) is 11.8 Å². The Morgan fingerprint density at radius 1 is 0.938 bits per heavy atom. The van der Waals surface area contributed by atoms with E-state index in [0.717, 1.165) is 5.56 Å². The minimum atomic E-state index is -1.03. The molecule has 0 heterocycles. The molecule has 1 aromatic carbocycles. The summed E-state index contributed by atoms with van der Waals surface area (Å²) < 4.78 is 9.77. The van der Waals surface area contributed by atoms with Gasteiger partial charge in [-0.15, -0.1) is 0 Å². The molecule has 0 aliphatic carbocycles. The molecule has 0 spiro atoms. The molecule has 0 aliphatic rings. The van der Waals surface area contributed by atoms with Gasteiger partial charge in [-0.25, -0.2) is 4.79 Å². The van der Waals surface area contributed by atoms with Crippen molar-refractivity contribution in [3.8, 4) is 0 Å². The van der Waals surface area contributed by atoms with E-state index in [0.29, 0.717) is 5.56 Å². The molecule has 0 saturated carbocycles. The number of carbonyl (C=O) groups is 4. The molecule has 9 heteroatoms. The van der Waals surface area contributed by atoms with Gasteiger partial charge in [-0.1, -0.05) is 29.8 Å². The fourth-order valence-electron chi connectivity index (χ4n) is 2.95. The zero-order chi connectivity index (χ0) is 24.7. The Kier molecular flexibility index (Phi) is 9.23. The summed E-state index contributed by atoms with van der Waals surface area (Å²) in [7, 11) is 1.22. The zero-order valence-electron chi connectivity index (χ0n) is 20.2. The molecule has 1 unspecified atom stereocenters. The van der Waals surface area contributed by atoms with Gasteiger partial charge in [-0.05, 0) is 54.0 Å². The third-order valence-electron chi connectivity index (χ3n) is 4.31. The average molecular weight is 450 g/mol. The molecule has 1 atom stereocenters. The number of ether oxygens (including phenoxy) is 2. The van der Waals surface area contributed by atoms with Crippen LogP contribution in [0, 0.1) is 6.92 Å². The van der Waals surface area contributed by atoms with E-state index in [2.05, 4.69) is 15.4 Å². The second kappa shape index (κ2) is 11.0. The summed E-state index contributed by atoms with van der Waals surface area (Å²) in [6.07, 6.45) is -0.735. The number of methoxy groups -OCH3 is 1. The number of aryl methyl sites for hydroxylation is 1. The summed E-state index contributed by atoms with van der Waals surface area (Å²) in [6, 6.07) is 6.14. The Balaban J connectivity index is 3.24. The summed E-state index contributed by atoms with van der Waals surface area (Å²) >= 11 is 0. The molecule has 3 amide bonds. The highest BCUT2D eigenvalue weighted by atomic mass is 16.6. The quantitative estimate of drug-likeness (QED) is 0.618. The molecule has 1 rings (SSSR count). The van der Waals surface area contributed by atoms with Crippen LogP contribution in [0.2, 0.25) is 0 Å². The van der Waals surface area contributed by atoms with E-state index in [-0.39, 0.29) is 13.1 Å². The van der Waals surface area contributed by atoms with Crippen LogP contribution < -0.4 is 10.6 Å². The van der Waals surface area contributed by atoms with Crippen LogP contribution in [0.25, 0.3) is 0 Å². The van der Waals surface area contributed by atoms with Crippen LogP contribution in [0.4, 0.5) is 4.79 Å². The lowest BCUT2D eigenvalue weighted by molar-refractivity contribution is -0.147. The average Bonchev–Trinajstić information content (AvgIpc) is 2.66. The Morgan fingerprint density at radius 3 is 1.97 bits per heavy atom. The summed E-state index contributed by atoms with van der Waals surface area (Å²) in [5.41, 5.74) is 0.0566. The first kappa shape index (κ1) is 26.9. The Labute approximate surface area is 189 Å². The van der Waals surface area contributed by atoms with Crippen molar-refractivity contribution in [2.24, 2.45) is 0 Å². The van der Waals surface area contributed by atoms with Crippen LogP contribution in [0.15, 0.2) is 24.3 Å². The first-order valence-electron chi connectivity index (χ1n) is 10.4. The second-order valence-electron chi connectivity index (χ2n) is 9.40. The van der Waals surface area contributed by atoms with Gasteiger partial charge < -0.3 is 25.0 Å². The minimum Gasteiger partial charge on any atom is -0.468 e. The molecule has 0 saturated heterocycles. The molecule has 32 heavy (non-hydrogen) atoms. The molecule has 0 bridgehead atoms. The molecule has 0 fully saturated rings. The number of nitrogens with zero attached hydrogens (tertiary/aromatic N) is 1. The van der Waals surface area contributed by atoms with Crippen LogP contribution in [0.1, 0.15) is 58.7 Å². The van der Waals surface area contributed by atoms with Crippen LogP contribution in [-0.4, -0.2) is 60.1 Å². The lowest BCUT2D eigenvalue weighted by Crippen LogP contribution is -2.55. The monoisotopic (exact) mass is 449 g/mol. The van der Waals surface area contributed by atoms with Crippen molar-refractivity contribution < 1.29 is 28.7 Å². The van der Waals surface area contributed by atoms with Crippen molar-refractivity contribution in [1.82, 2.24) is 15.5 Å². The predicted molar refractivity (Wildman–Crippen MR) is 120 cm³/mol. The maximum atomic E-state index is 13.2. The van der Waals surface area contributed by atoms with E-state index in [4.69, 9.17) is 4.74 Å². The zero-order valence-corrected chi connectivity index (χ0v) is 20.2. The molecular weight excluding hydrogens is 414 g/mol. The van der Waals surface area contributed by atoms with Crippen LogP contribution in [-0.2, 0) is 23.9 Å². The van der Waals surface area contributed by atoms with Gasteiger partial charge in [-0.2, -0.15) is 0 Å².